The van der Waals surface area contributed by atoms with E-state index < -0.39 is 24.2 Å². The minimum Gasteiger partial charge on any atom is -0.480 e. The number of carbonyl (C=O) groups excluding carboxylic acids is 2. The van der Waals surface area contributed by atoms with E-state index >= 15 is 0 Å². The highest BCUT2D eigenvalue weighted by Gasteiger charge is 2.45. The Kier molecular flexibility index (Phi) is 9.08. The van der Waals surface area contributed by atoms with Gasteiger partial charge in [0.25, 0.3) is 0 Å². The number of carboxylic acids is 1. The zero-order chi connectivity index (χ0) is 26.5. The minimum atomic E-state index is -0.887. The van der Waals surface area contributed by atoms with Crippen LogP contribution >= 0.6 is 23.2 Å². The molecule has 2 amide bonds. The van der Waals surface area contributed by atoms with Crippen LogP contribution in [-0.2, 0) is 19.1 Å². The second-order valence-corrected chi connectivity index (χ2v) is 10.3. The van der Waals surface area contributed by atoms with Crippen molar-refractivity contribution in [3.8, 4) is 0 Å². The fourth-order valence-corrected chi connectivity index (χ4v) is 5.36. The van der Waals surface area contributed by atoms with Crippen LogP contribution in [0.5, 0.6) is 0 Å². The fraction of sp³-hybridized carbons (Fsp3) is 0.444. The molecule has 0 aromatic heterocycles. The lowest BCUT2D eigenvalue weighted by Gasteiger charge is -2.46. The van der Waals surface area contributed by atoms with Crippen molar-refractivity contribution in [2.75, 3.05) is 39.3 Å². The number of carboxylic acid groups (broad SMARTS) is 1. The first-order valence-electron chi connectivity index (χ1n) is 12.4. The highest BCUT2D eigenvalue weighted by molar-refractivity contribution is 6.30. The number of morpholine rings is 1. The molecule has 2 heterocycles. The van der Waals surface area contributed by atoms with Crippen LogP contribution in [0.15, 0.2) is 48.5 Å². The number of rotatable bonds is 8. The fourth-order valence-electron chi connectivity index (χ4n) is 5.11. The van der Waals surface area contributed by atoms with E-state index in [4.69, 9.17) is 33.0 Å². The van der Waals surface area contributed by atoms with Crippen LogP contribution < -0.4 is 0 Å². The summed E-state index contributed by atoms with van der Waals surface area (Å²) in [4.78, 5) is 43.7. The van der Waals surface area contributed by atoms with Gasteiger partial charge in [0.15, 0.2) is 0 Å². The molecule has 2 aromatic rings. The van der Waals surface area contributed by atoms with Gasteiger partial charge in [-0.3, -0.25) is 19.3 Å². The van der Waals surface area contributed by atoms with Crippen LogP contribution in [-0.4, -0.2) is 83.0 Å². The standard InChI is InChI=1S/C27H31Cl2N3O5/c1-2-3-22(27(36)31-14-12-30(13-15-31)16-24(34)35)32-23(33)17-37-26(19-6-10-21(29)11-7-19)25(32)18-4-8-20(28)9-5-18/h4-11,22,25-26H,2-3,12-17H2,1H3,(H,34,35)/t22-,25-,26+/m1/s1. The summed E-state index contributed by atoms with van der Waals surface area (Å²) in [7, 11) is 0. The van der Waals surface area contributed by atoms with Gasteiger partial charge in [0, 0.05) is 36.2 Å². The maximum Gasteiger partial charge on any atom is 0.317 e. The molecule has 37 heavy (non-hydrogen) atoms. The summed E-state index contributed by atoms with van der Waals surface area (Å²) in [5.41, 5.74) is 1.67. The van der Waals surface area contributed by atoms with Gasteiger partial charge < -0.3 is 19.6 Å². The molecule has 8 nitrogen and oxygen atoms in total. The molecule has 2 aliphatic heterocycles. The molecule has 0 saturated carbocycles. The monoisotopic (exact) mass is 547 g/mol. The number of aliphatic carboxylic acids is 1. The lowest BCUT2D eigenvalue weighted by atomic mass is 9.90. The first kappa shape index (κ1) is 27.4. The average molecular weight is 548 g/mol. The zero-order valence-corrected chi connectivity index (χ0v) is 22.2. The number of piperazine rings is 1. The van der Waals surface area contributed by atoms with Gasteiger partial charge >= 0.3 is 5.97 Å². The molecule has 1 N–H and O–H groups in total. The van der Waals surface area contributed by atoms with Crippen molar-refractivity contribution in [2.45, 2.75) is 38.0 Å². The second-order valence-electron chi connectivity index (χ2n) is 9.38. The van der Waals surface area contributed by atoms with Gasteiger partial charge in [-0.15, -0.1) is 0 Å². The van der Waals surface area contributed by atoms with Crippen molar-refractivity contribution < 1.29 is 24.2 Å². The molecular weight excluding hydrogens is 517 g/mol. The van der Waals surface area contributed by atoms with Crippen LogP contribution in [0.2, 0.25) is 10.0 Å². The van der Waals surface area contributed by atoms with Crippen molar-refractivity contribution in [1.29, 1.82) is 0 Å². The molecule has 2 fully saturated rings. The molecule has 4 rings (SSSR count). The second kappa shape index (κ2) is 12.3. The Morgan fingerprint density at radius 1 is 0.973 bits per heavy atom. The maximum atomic E-state index is 13.9. The summed E-state index contributed by atoms with van der Waals surface area (Å²) in [6.07, 6.45) is 0.701. The average Bonchev–Trinajstić information content (AvgIpc) is 2.88. The van der Waals surface area contributed by atoms with Gasteiger partial charge in [0.2, 0.25) is 11.8 Å². The Bertz CT molecular complexity index is 1100. The largest absolute Gasteiger partial charge is 0.480 e. The number of ether oxygens (including phenoxy) is 1. The SMILES string of the molecule is CCC[C@H](C(=O)N1CCN(CC(=O)O)CC1)N1C(=O)CO[C@@H](c2ccc(Cl)cc2)[C@H]1c1ccc(Cl)cc1. The van der Waals surface area contributed by atoms with E-state index in [0.717, 1.165) is 11.1 Å². The van der Waals surface area contributed by atoms with Crippen molar-refractivity contribution >= 4 is 41.0 Å². The van der Waals surface area contributed by atoms with Gasteiger partial charge in [-0.2, -0.15) is 0 Å². The number of carbonyl (C=O) groups is 3. The highest BCUT2D eigenvalue weighted by atomic mass is 35.5. The molecule has 3 atom stereocenters. The Morgan fingerprint density at radius 3 is 2.08 bits per heavy atom. The lowest BCUT2D eigenvalue weighted by molar-refractivity contribution is -0.170. The maximum absolute atomic E-state index is 13.9. The summed E-state index contributed by atoms with van der Waals surface area (Å²) in [5.74, 6) is -1.26. The van der Waals surface area contributed by atoms with Gasteiger partial charge in [-0.1, -0.05) is 60.8 Å². The van der Waals surface area contributed by atoms with Crippen LogP contribution in [0.1, 0.15) is 43.0 Å². The third-order valence-corrected chi connectivity index (χ3v) is 7.40. The van der Waals surface area contributed by atoms with Crippen molar-refractivity contribution in [3.05, 3.63) is 69.7 Å². The molecule has 0 bridgehead atoms. The van der Waals surface area contributed by atoms with Crippen LogP contribution in [0.4, 0.5) is 0 Å². The first-order chi connectivity index (χ1) is 17.8. The topological polar surface area (TPSA) is 90.4 Å². The smallest absolute Gasteiger partial charge is 0.317 e. The lowest BCUT2D eigenvalue weighted by Crippen LogP contribution is -2.59. The molecule has 2 saturated heterocycles. The van der Waals surface area contributed by atoms with Crippen LogP contribution in [0.3, 0.4) is 0 Å². The number of nitrogens with zero attached hydrogens (tertiary/aromatic N) is 3. The third-order valence-electron chi connectivity index (χ3n) is 6.90. The molecule has 10 heteroatoms. The van der Waals surface area contributed by atoms with Gasteiger partial charge in [-0.05, 0) is 41.8 Å². The van der Waals surface area contributed by atoms with Gasteiger partial charge in [0.05, 0.1) is 12.6 Å². The molecule has 2 aromatic carbocycles. The number of halogens is 2. The molecule has 0 radical (unpaired) electrons. The third kappa shape index (κ3) is 6.44. The van der Waals surface area contributed by atoms with E-state index in [1.807, 2.05) is 36.1 Å². The quantitative estimate of drug-likeness (QED) is 0.536. The van der Waals surface area contributed by atoms with E-state index in [2.05, 4.69) is 0 Å². The molecule has 2 aliphatic rings. The van der Waals surface area contributed by atoms with Crippen LogP contribution in [0.25, 0.3) is 0 Å². The highest BCUT2D eigenvalue weighted by Crippen LogP contribution is 2.42. The summed E-state index contributed by atoms with van der Waals surface area (Å²) in [6, 6.07) is 13.4. The van der Waals surface area contributed by atoms with Gasteiger partial charge in [0.1, 0.15) is 18.8 Å². The van der Waals surface area contributed by atoms with Crippen LogP contribution in [0, 0.1) is 0 Å². The number of benzene rings is 2. The van der Waals surface area contributed by atoms with Gasteiger partial charge in [-0.25, -0.2) is 0 Å². The summed E-state index contributed by atoms with van der Waals surface area (Å²) >= 11 is 12.3. The summed E-state index contributed by atoms with van der Waals surface area (Å²) in [6.45, 7) is 3.57. The van der Waals surface area contributed by atoms with Crippen molar-refractivity contribution in [3.63, 3.8) is 0 Å². The minimum absolute atomic E-state index is 0.0518. The predicted octanol–water partition coefficient (Wildman–Crippen LogP) is 4.03. The van der Waals surface area contributed by atoms with Crippen molar-refractivity contribution in [2.24, 2.45) is 0 Å². The summed E-state index contributed by atoms with van der Waals surface area (Å²) in [5, 5.41) is 10.3. The normalized spacial score (nSPS) is 21.6. The molecule has 0 spiro atoms. The Morgan fingerprint density at radius 2 is 1.54 bits per heavy atom. The molecule has 0 unspecified atom stereocenters. The van der Waals surface area contributed by atoms with E-state index in [0.29, 0.717) is 49.1 Å². The zero-order valence-electron chi connectivity index (χ0n) is 20.7. The molecular formula is C27H31Cl2N3O5. The summed E-state index contributed by atoms with van der Waals surface area (Å²) < 4.78 is 6.09. The number of hydrogen-bond acceptors (Lipinski definition) is 5. The predicted molar refractivity (Wildman–Crippen MR) is 141 cm³/mol. The first-order valence-corrected chi connectivity index (χ1v) is 13.2. The number of hydrogen-bond donors (Lipinski definition) is 1. The van der Waals surface area contributed by atoms with E-state index in [-0.39, 0.29) is 25.0 Å². The van der Waals surface area contributed by atoms with E-state index in [1.165, 1.54) is 0 Å². The van der Waals surface area contributed by atoms with E-state index in [9.17, 15) is 14.4 Å². The number of amides is 2. The van der Waals surface area contributed by atoms with Crippen molar-refractivity contribution in [1.82, 2.24) is 14.7 Å². The molecule has 198 valence electrons. The Labute approximate surface area is 226 Å². The Hall–Kier alpha value is -2.65. The molecule has 0 aliphatic carbocycles. The van der Waals surface area contributed by atoms with E-state index in [1.54, 1.807) is 34.1 Å². The Balaban J connectivity index is 1.67.